The van der Waals surface area contributed by atoms with Crippen molar-refractivity contribution in [2.24, 2.45) is 0 Å². The summed E-state index contributed by atoms with van der Waals surface area (Å²) in [6.45, 7) is 0. The second-order valence-electron chi connectivity index (χ2n) is 5.49. The first-order valence-electron chi connectivity index (χ1n) is 8.01. The van der Waals surface area contributed by atoms with E-state index in [4.69, 9.17) is 0 Å². The van der Waals surface area contributed by atoms with Gasteiger partial charge in [-0.05, 0) is 23.6 Å². The van der Waals surface area contributed by atoms with Crippen molar-refractivity contribution in [2.75, 3.05) is 5.32 Å². The molecule has 0 aliphatic carbocycles. The molecule has 3 aromatic rings. The molecule has 0 saturated carbocycles. The normalized spacial score (nSPS) is 10.2. The smallest absolute Gasteiger partial charge is 0.269 e. The van der Waals surface area contributed by atoms with Gasteiger partial charge in [-0.1, -0.05) is 24.3 Å². The zero-order valence-corrected chi connectivity index (χ0v) is 15.7. The zero-order valence-electron chi connectivity index (χ0n) is 14.1. The van der Waals surface area contributed by atoms with Crippen molar-refractivity contribution < 1.29 is 14.4 Å². The first kappa shape index (κ1) is 18.7. The van der Waals surface area contributed by atoms with Crippen LogP contribution in [0, 0.1) is 0 Å². The number of benzene rings is 1. The Hall–Kier alpha value is -3.04. The van der Waals surface area contributed by atoms with Crippen LogP contribution in [0.5, 0.6) is 0 Å². The second kappa shape index (κ2) is 9.06. The van der Waals surface area contributed by atoms with Crippen LogP contribution in [0.1, 0.15) is 20.9 Å². The van der Waals surface area contributed by atoms with E-state index in [2.05, 4.69) is 21.2 Å². The van der Waals surface area contributed by atoms with Crippen molar-refractivity contribution in [2.45, 2.75) is 12.8 Å². The van der Waals surface area contributed by atoms with E-state index in [9.17, 15) is 14.4 Å². The van der Waals surface area contributed by atoms with E-state index in [1.807, 2.05) is 17.5 Å². The Labute approximate surface area is 163 Å². The van der Waals surface area contributed by atoms with Gasteiger partial charge in [-0.2, -0.15) is 0 Å². The molecule has 0 aliphatic rings. The van der Waals surface area contributed by atoms with Crippen LogP contribution >= 0.6 is 22.7 Å². The van der Waals surface area contributed by atoms with Gasteiger partial charge in [0, 0.05) is 15.8 Å². The Bertz CT molecular complexity index is 923. The predicted octanol–water partition coefficient (Wildman–Crippen LogP) is 2.39. The van der Waals surface area contributed by atoms with Gasteiger partial charge in [0.25, 0.3) is 5.91 Å². The summed E-state index contributed by atoms with van der Waals surface area (Å²) in [5, 5.41) is 6.77. The lowest BCUT2D eigenvalue weighted by Crippen LogP contribution is -2.42. The van der Waals surface area contributed by atoms with Gasteiger partial charge in [0.15, 0.2) is 5.13 Å². The number of nitrogens with zero attached hydrogens (tertiary/aromatic N) is 1. The summed E-state index contributed by atoms with van der Waals surface area (Å²) < 4.78 is 0. The van der Waals surface area contributed by atoms with Gasteiger partial charge >= 0.3 is 0 Å². The topological polar surface area (TPSA) is 100 Å². The third-order valence-electron chi connectivity index (χ3n) is 3.41. The quantitative estimate of drug-likeness (QED) is 0.553. The summed E-state index contributed by atoms with van der Waals surface area (Å²) in [6.07, 6.45) is 0.283. The SMILES string of the molecule is O=C(Cc1csc(NC(=O)Cc2cccs2)n1)NNC(=O)c1ccccc1. The second-order valence-corrected chi connectivity index (χ2v) is 7.38. The number of rotatable bonds is 6. The van der Waals surface area contributed by atoms with Gasteiger partial charge < -0.3 is 5.32 Å². The number of carbonyl (C=O) groups is 3. The van der Waals surface area contributed by atoms with Crippen molar-refractivity contribution in [3.63, 3.8) is 0 Å². The third kappa shape index (κ3) is 5.73. The summed E-state index contributed by atoms with van der Waals surface area (Å²) in [7, 11) is 0. The lowest BCUT2D eigenvalue weighted by atomic mass is 10.2. The third-order valence-corrected chi connectivity index (χ3v) is 5.09. The summed E-state index contributed by atoms with van der Waals surface area (Å²) >= 11 is 2.76. The van der Waals surface area contributed by atoms with Crippen LogP contribution < -0.4 is 16.2 Å². The number of hydrogen-bond donors (Lipinski definition) is 3. The van der Waals surface area contributed by atoms with Crippen molar-refractivity contribution in [1.82, 2.24) is 15.8 Å². The minimum atomic E-state index is -0.402. The highest BCUT2D eigenvalue weighted by Gasteiger charge is 2.12. The van der Waals surface area contributed by atoms with Crippen molar-refractivity contribution in [1.29, 1.82) is 0 Å². The molecule has 0 bridgehead atoms. The minimum absolute atomic E-state index is 0.00757. The largest absolute Gasteiger partial charge is 0.302 e. The molecule has 0 saturated heterocycles. The molecule has 138 valence electrons. The fourth-order valence-electron chi connectivity index (χ4n) is 2.18. The number of thiazole rings is 1. The van der Waals surface area contributed by atoms with Crippen LogP contribution in [-0.4, -0.2) is 22.7 Å². The highest BCUT2D eigenvalue weighted by molar-refractivity contribution is 7.14. The lowest BCUT2D eigenvalue weighted by Gasteiger charge is -2.06. The number of carbonyl (C=O) groups excluding carboxylic acids is 3. The standard InChI is InChI=1S/C18H16N4O3S2/c23-15(10-14-7-4-8-26-14)20-18-19-13(11-27-18)9-16(24)21-22-17(25)12-5-2-1-3-6-12/h1-8,11H,9-10H2,(H,21,24)(H,22,25)(H,19,20,23). The Morgan fingerprint density at radius 1 is 0.889 bits per heavy atom. The highest BCUT2D eigenvalue weighted by atomic mass is 32.1. The van der Waals surface area contributed by atoms with E-state index in [0.717, 1.165) is 4.88 Å². The minimum Gasteiger partial charge on any atom is -0.302 e. The molecule has 0 aliphatic heterocycles. The summed E-state index contributed by atoms with van der Waals surface area (Å²) in [5.74, 6) is -0.956. The Morgan fingerprint density at radius 2 is 1.70 bits per heavy atom. The number of amides is 3. The van der Waals surface area contributed by atoms with Gasteiger partial charge in [0.1, 0.15) is 0 Å². The van der Waals surface area contributed by atoms with Crippen LogP contribution in [0.25, 0.3) is 0 Å². The van der Waals surface area contributed by atoms with Crippen molar-refractivity contribution >= 4 is 45.5 Å². The number of hydrazine groups is 1. The number of anilines is 1. The van der Waals surface area contributed by atoms with E-state index in [-0.39, 0.29) is 12.3 Å². The predicted molar refractivity (Wildman–Crippen MR) is 105 cm³/mol. The fourth-order valence-corrected chi connectivity index (χ4v) is 3.61. The Morgan fingerprint density at radius 3 is 2.44 bits per heavy atom. The molecule has 3 rings (SSSR count). The first-order valence-corrected chi connectivity index (χ1v) is 9.77. The zero-order chi connectivity index (χ0) is 19.1. The molecule has 0 radical (unpaired) electrons. The van der Waals surface area contributed by atoms with E-state index in [1.54, 1.807) is 35.7 Å². The molecule has 2 heterocycles. The molecule has 3 amide bonds. The number of hydrogen-bond acceptors (Lipinski definition) is 6. The molecular formula is C18H16N4O3S2. The van der Waals surface area contributed by atoms with E-state index in [1.165, 1.54) is 22.7 Å². The maximum Gasteiger partial charge on any atom is 0.269 e. The average molecular weight is 400 g/mol. The van der Waals surface area contributed by atoms with Crippen LogP contribution in [0.4, 0.5) is 5.13 Å². The average Bonchev–Trinajstić information content (AvgIpc) is 3.32. The maximum atomic E-state index is 12.0. The van der Waals surface area contributed by atoms with Crippen LogP contribution in [0.15, 0.2) is 53.2 Å². The molecule has 3 N–H and O–H groups in total. The van der Waals surface area contributed by atoms with Gasteiger partial charge in [-0.15, -0.1) is 22.7 Å². The van der Waals surface area contributed by atoms with E-state index >= 15 is 0 Å². The van der Waals surface area contributed by atoms with Crippen molar-refractivity contribution in [3.05, 3.63) is 69.4 Å². The first-order chi connectivity index (χ1) is 13.1. The molecular weight excluding hydrogens is 384 g/mol. The van der Waals surface area contributed by atoms with Crippen molar-refractivity contribution in [3.8, 4) is 0 Å². The molecule has 7 nitrogen and oxygen atoms in total. The van der Waals surface area contributed by atoms with Crippen LogP contribution in [-0.2, 0) is 22.4 Å². The van der Waals surface area contributed by atoms with E-state index in [0.29, 0.717) is 22.8 Å². The molecule has 9 heteroatoms. The number of thiophene rings is 1. The summed E-state index contributed by atoms with van der Waals surface area (Å²) in [4.78, 5) is 41.0. The monoisotopic (exact) mass is 400 g/mol. The molecule has 0 atom stereocenters. The van der Waals surface area contributed by atoms with Crippen LogP contribution in [0.3, 0.4) is 0 Å². The molecule has 2 aromatic heterocycles. The Balaban J connectivity index is 1.45. The number of nitrogens with one attached hydrogen (secondary N) is 3. The molecule has 0 fully saturated rings. The molecule has 1 aromatic carbocycles. The summed E-state index contributed by atoms with van der Waals surface area (Å²) in [5.41, 5.74) is 5.66. The van der Waals surface area contributed by atoms with E-state index < -0.39 is 11.8 Å². The molecule has 27 heavy (non-hydrogen) atoms. The number of aromatic nitrogens is 1. The van der Waals surface area contributed by atoms with Gasteiger partial charge in [0.05, 0.1) is 18.5 Å². The molecule has 0 unspecified atom stereocenters. The highest BCUT2D eigenvalue weighted by Crippen LogP contribution is 2.17. The Kier molecular flexibility index (Phi) is 6.29. The lowest BCUT2D eigenvalue weighted by molar-refractivity contribution is -0.121. The fraction of sp³-hybridized carbons (Fsp3) is 0.111. The van der Waals surface area contributed by atoms with Crippen LogP contribution in [0.2, 0.25) is 0 Å². The van der Waals surface area contributed by atoms with Gasteiger partial charge in [-0.25, -0.2) is 4.98 Å². The van der Waals surface area contributed by atoms with Gasteiger partial charge in [-0.3, -0.25) is 25.2 Å². The molecule has 0 spiro atoms. The maximum absolute atomic E-state index is 12.0. The van der Waals surface area contributed by atoms with Gasteiger partial charge in [0.2, 0.25) is 11.8 Å². The summed E-state index contributed by atoms with van der Waals surface area (Å²) in [6, 6.07) is 12.4.